The Hall–Kier alpha value is -3.38. The maximum absolute atomic E-state index is 12.8. The molecule has 1 aromatic heterocycles. The lowest BCUT2D eigenvalue weighted by Gasteiger charge is -2.12. The van der Waals surface area contributed by atoms with Crippen LogP contribution in [0.3, 0.4) is 0 Å². The average Bonchev–Trinajstić information content (AvgIpc) is 3.11. The van der Waals surface area contributed by atoms with Crippen molar-refractivity contribution < 1.29 is 19.0 Å². The molecule has 0 amide bonds. The molecule has 2 aromatic carbocycles. The molecular formula is C20H17BrN4O4. The van der Waals surface area contributed by atoms with E-state index >= 15 is 0 Å². The smallest absolute Gasteiger partial charge is 0.366 e. The number of ether oxygens (including phenoxy) is 3. The number of methoxy groups -OCH3 is 1. The van der Waals surface area contributed by atoms with Crippen LogP contribution in [0.15, 0.2) is 40.9 Å². The van der Waals surface area contributed by atoms with E-state index in [2.05, 4.69) is 26.2 Å². The van der Waals surface area contributed by atoms with Gasteiger partial charge in [0.1, 0.15) is 5.75 Å². The zero-order valence-electron chi connectivity index (χ0n) is 16.0. The fourth-order valence-corrected chi connectivity index (χ4v) is 3.16. The van der Waals surface area contributed by atoms with Crippen LogP contribution in [0.1, 0.15) is 28.7 Å². The zero-order chi connectivity index (χ0) is 21.0. The van der Waals surface area contributed by atoms with E-state index in [0.29, 0.717) is 33.8 Å². The van der Waals surface area contributed by atoms with Gasteiger partial charge in [0.05, 0.1) is 41.2 Å². The molecule has 3 aromatic rings. The molecule has 0 fully saturated rings. The quantitative estimate of drug-likeness (QED) is 0.410. The highest BCUT2D eigenvalue weighted by Crippen LogP contribution is 2.37. The molecule has 0 saturated carbocycles. The van der Waals surface area contributed by atoms with Crippen LogP contribution >= 0.6 is 15.9 Å². The van der Waals surface area contributed by atoms with Gasteiger partial charge in [-0.3, -0.25) is 0 Å². The molecule has 8 nitrogen and oxygen atoms in total. The van der Waals surface area contributed by atoms with Crippen LogP contribution in [-0.2, 0) is 0 Å². The normalized spacial score (nSPS) is 10.3. The number of esters is 1. The third-order valence-electron chi connectivity index (χ3n) is 4.02. The Kier molecular flexibility index (Phi) is 6.14. The number of hydrogen-bond acceptors (Lipinski definition) is 7. The highest BCUT2D eigenvalue weighted by molar-refractivity contribution is 9.10. The van der Waals surface area contributed by atoms with E-state index in [1.807, 2.05) is 24.3 Å². The molecule has 0 spiro atoms. The number of carbonyl (C=O) groups excluding carboxylic acids is 1. The van der Waals surface area contributed by atoms with Crippen molar-refractivity contribution in [3.63, 3.8) is 0 Å². The lowest BCUT2D eigenvalue weighted by Crippen LogP contribution is -2.13. The third-order valence-corrected chi connectivity index (χ3v) is 4.61. The molecule has 9 heteroatoms. The maximum Gasteiger partial charge on any atom is 0.366 e. The second kappa shape index (κ2) is 8.75. The van der Waals surface area contributed by atoms with E-state index in [9.17, 15) is 4.79 Å². The summed E-state index contributed by atoms with van der Waals surface area (Å²) in [6.45, 7) is 3.85. The van der Waals surface area contributed by atoms with Gasteiger partial charge in [-0.25, -0.2) is 9.48 Å². The molecule has 0 atom stereocenters. The van der Waals surface area contributed by atoms with Gasteiger partial charge in [0.25, 0.3) is 0 Å². The second-order valence-electron chi connectivity index (χ2n) is 5.86. The highest BCUT2D eigenvalue weighted by Gasteiger charge is 2.23. The summed E-state index contributed by atoms with van der Waals surface area (Å²) in [6, 6.07) is 12.3. The number of benzene rings is 2. The van der Waals surface area contributed by atoms with Gasteiger partial charge < -0.3 is 14.2 Å². The fourth-order valence-electron chi connectivity index (χ4n) is 2.64. The molecule has 0 unspecified atom stereocenters. The van der Waals surface area contributed by atoms with Crippen LogP contribution in [-0.4, -0.2) is 34.7 Å². The van der Waals surface area contributed by atoms with Crippen LogP contribution in [0.25, 0.3) is 5.69 Å². The molecule has 29 heavy (non-hydrogen) atoms. The summed E-state index contributed by atoms with van der Waals surface area (Å²) in [7, 11) is 1.57. The van der Waals surface area contributed by atoms with E-state index in [0.717, 1.165) is 0 Å². The average molecular weight is 457 g/mol. The summed E-state index contributed by atoms with van der Waals surface area (Å²) in [4.78, 5) is 12.8. The number of carbonyl (C=O) groups is 1. The molecule has 3 rings (SSSR count). The standard InChI is InChI=1S/C20H17BrN4O4/c1-4-28-17-9-13(11-22)8-16(21)19(17)29-20(26)18-12(2)25(24-23-18)14-6-5-7-15(10-14)27-3/h5-10H,4H2,1-3H3. The van der Waals surface area contributed by atoms with Crippen LogP contribution in [0.2, 0.25) is 0 Å². The lowest BCUT2D eigenvalue weighted by molar-refractivity contribution is 0.0720. The monoisotopic (exact) mass is 456 g/mol. The fraction of sp³-hybridized carbons (Fsp3) is 0.200. The van der Waals surface area contributed by atoms with E-state index in [1.165, 1.54) is 10.7 Å². The van der Waals surface area contributed by atoms with Gasteiger partial charge in [-0.05, 0) is 48.0 Å². The number of hydrogen-bond donors (Lipinski definition) is 0. The summed E-state index contributed by atoms with van der Waals surface area (Å²) in [5.41, 5.74) is 1.64. The Balaban J connectivity index is 1.93. The van der Waals surface area contributed by atoms with E-state index in [1.54, 1.807) is 33.1 Å². The Morgan fingerprint density at radius 3 is 2.79 bits per heavy atom. The van der Waals surface area contributed by atoms with Crippen molar-refractivity contribution in [2.75, 3.05) is 13.7 Å². The molecule has 0 radical (unpaired) electrons. The van der Waals surface area contributed by atoms with Crippen molar-refractivity contribution in [3.8, 4) is 29.0 Å². The molecule has 0 bridgehead atoms. The molecular weight excluding hydrogens is 440 g/mol. The largest absolute Gasteiger partial charge is 0.497 e. The Labute approximate surface area is 175 Å². The van der Waals surface area contributed by atoms with E-state index in [4.69, 9.17) is 19.5 Å². The van der Waals surface area contributed by atoms with Crippen molar-refractivity contribution in [1.29, 1.82) is 5.26 Å². The molecule has 0 aliphatic rings. The zero-order valence-corrected chi connectivity index (χ0v) is 17.6. The summed E-state index contributed by atoms with van der Waals surface area (Å²) >= 11 is 3.32. The van der Waals surface area contributed by atoms with Crippen molar-refractivity contribution in [2.45, 2.75) is 13.8 Å². The molecule has 1 heterocycles. The second-order valence-corrected chi connectivity index (χ2v) is 6.71. The Morgan fingerprint density at radius 1 is 1.31 bits per heavy atom. The first-order chi connectivity index (χ1) is 14.0. The highest BCUT2D eigenvalue weighted by atomic mass is 79.9. The summed E-state index contributed by atoms with van der Waals surface area (Å²) in [5.74, 6) is 0.420. The Morgan fingerprint density at radius 2 is 2.10 bits per heavy atom. The minimum atomic E-state index is -0.692. The van der Waals surface area contributed by atoms with Gasteiger partial charge >= 0.3 is 5.97 Å². The summed E-state index contributed by atoms with van der Waals surface area (Å²) in [6.07, 6.45) is 0. The van der Waals surface area contributed by atoms with Gasteiger partial charge in [-0.1, -0.05) is 11.3 Å². The molecule has 0 aliphatic heterocycles. The first-order valence-electron chi connectivity index (χ1n) is 8.63. The van der Waals surface area contributed by atoms with Crippen molar-refractivity contribution in [2.24, 2.45) is 0 Å². The van der Waals surface area contributed by atoms with Gasteiger partial charge in [-0.15, -0.1) is 5.10 Å². The Bertz CT molecular complexity index is 1100. The van der Waals surface area contributed by atoms with Crippen LogP contribution in [0, 0.1) is 18.3 Å². The molecule has 0 aliphatic carbocycles. The molecule has 0 N–H and O–H groups in total. The van der Waals surface area contributed by atoms with Gasteiger partial charge in [0, 0.05) is 12.1 Å². The van der Waals surface area contributed by atoms with Gasteiger partial charge in [-0.2, -0.15) is 5.26 Å². The summed E-state index contributed by atoms with van der Waals surface area (Å²) in [5, 5.41) is 17.2. The third kappa shape index (κ3) is 4.22. The molecule has 0 saturated heterocycles. The van der Waals surface area contributed by atoms with E-state index in [-0.39, 0.29) is 17.2 Å². The maximum atomic E-state index is 12.8. The van der Waals surface area contributed by atoms with Crippen LogP contribution in [0.4, 0.5) is 0 Å². The number of aromatic nitrogens is 3. The minimum Gasteiger partial charge on any atom is -0.497 e. The lowest BCUT2D eigenvalue weighted by atomic mass is 10.2. The number of nitriles is 1. The van der Waals surface area contributed by atoms with Crippen molar-refractivity contribution >= 4 is 21.9 Å². The van der Waals surface area contributed by atoms with Gasteiger partial charge in [0.15, 0.2) is 17.2 Å². The predicted molar refractivity (Wildman–Crippen MR) is 108 cm³/mol. The van der Waals surface area contributed by atoms with Crippen LogP contribution in [0.5, 0.6) is 17.2 Å². The molecule has 148 valence electrons. The number of halogens is 1. The predicted octanol–water partition coefficient (Wildman–Crippen LogP) is 3.84. The first-order valence-corrected chi connectivity index (χ1v) is 9.43. The minimum absolute atomic E-state index is 0.0616. The topological polar surface area (TPSA) is 99.3 Å². The van der Waals surface area contributed by atoms with E-state index < -0.39 is 5.97 Å². The van der Waals surface area contributed by atoms with Gasteiger partial charge in [0.2, 0.25) is 0 Å². The number of nitrogens with zero attached hydrogens (tertiary/aromatic N) is 4. The van der Waals surface area contributed by atoms with Crippen molar-refractivity contribution in [3.05, 3.63) is 57.8 Å². The summed E-state index contributed by atoms with van der Waals surface area (Å²) < 4.78 is 18.2. The van der Waals surface area contributed by atoms with Crippen LogP contribution < -0.4 is 14.2 Å². The SMILES string of the molecule is CCOc1cc(C#N)cc(Br)c1OC(=O)c1nnn(-c2cccc(OC)c2)c1C. The number of rotatable bonds is 6. The van der Waals surface area contributed by atoms with Crippen molar-refractivity contribution in [1.82, 2.24) is 15.0 Å². The first kappa shape index (κ1) is 20.4.